The summed E-state index contributed by atoms with van der Waals surface area (Å²) in [7, 11) is 0. The van der Waals surface area contributed by atoms with Crippen molar-refractivity contribution >= 4 is 5.78 Å². The van der Waals surface area contributed by atoms with Gasteiger partial charge in [0.2, 0.25) is 0 Å². The van der Waals surface area contributed by atoms with E-state index in [1.165, 1.54) is 50.5 Å². The summed E-state index contributed by atoms with van der Waals surface area (Å²) >= 11 is 0. The molecular formula is C21H32O. The molecule has 122 valence electrons. The third-order valence-corrected chi connectivity index (χ3v) is 5.54. The molecule has 1 aliphatic carbocycles. The predicted molar refractivity (Wildman–Crippen MR) is 94.5 cm³/mol. The van der Waals surface area contributed by atoms with Crippen LogP contribution >= 0.6 is 0 Å². The van der Waals surface area contributed by atoms with Gasteiger partial charge in [-0.1, -0.05) is 64.3 Å². The SMILES string of the molecule is CCCCC1CCC(c2ccc(C(=O)C(C)CC)cc2)CC1. The number of Topliss-reactive ketones (excluding diaryl/α,β-unsaturated/α-hetero) is 1. The lowest BCUT2D eigenvalue weighted by atomic mass is 9.77. The van der Waals surface area contributed by atoms with Crippen LogP contribution in [0.15, 0.2) is 24.3 Å². The Labute approximate surface area is 136 Å². The van der Waals surface area contributed by atoms with E-state index in [9.17, 15) is 4.79 Å². The van der Waals surface area contributed by atoms with Gasteiger partial charge >= 0.3 is 0 Å². The lowest BCUT2D eigenvalue weighted by molar-refractivity contribution is 0.0927. The number of ketones is 1. The number of hydrogen-bond acceptors (Lipinski definition) is 1. The second-order valence-corrected chi connectivity index (χ2v) is 7.16. The first kappa shape index (κ1) is 17.2. The first-order chi connectivity index (χ1) is 10.7. The van der Waals surface area contributed by atoms with Crippen molar-refractivity contribution in [3.05, 3.63) is 35.4 Å². The van der Waals surface area contributed by atoms with E-state index < -0.39 is 0 Å². The fourth-order valence-electron chi connectivity index (χ4n) is 3.67. The van der Waals surface area contributed by atoms with Crippen LogP contribution in [0.3, 0.4) is 0 Å². The molecule has 2 rings (SSSR count). The van der Waals surface area contributed by atoms with Crippen LogP contribution in [-0.4, -0.2) is 5.78 Å². The summed E-state index contributed by atoms with van der Waals surface area (Å²) in [6.45, 7) is 6.38. The third kappa shape index (κ3) is 4.44. The minimum absolute atomic E-state index is 0.139. The zero-order valence-electron chi connectivity index (χ0n) is 14.6. The van der Waals surface area contributed by atoms with Crippen molar-refractivity contribution in [2.24, 2.45) is 11.8 Å². The molecule has 22 heavy (non-hydrogen) atoms. The fourth-order valence-corrected chi connectivity index (χ4v) is 3.67. The molecule has 0 radical (unpaired) electrons. The van der Waals surface area contributed by atoms with E-state index in [2.05, 4.69) is 26.0 Å². The second-order valence-electron chi connectivity index (χ2n) is 7.16. The molecule has 0 saturated heterocycles. The van der Waals surface area contributed by atoms with Crippen LogP contribution in [0.25, 0.3) is 0 Å². The van der Waals surface area contributed by atoms with E-state index in [4.69, 9.17) is 0 Å². The van der Waals surface area contributed by atoms with Crippen molar-refractivity contribution in [1.82, 2.24) is 0 Å². The zero-order valence-corrected chi connectivity index (χ0v) is 14.6. The van der Waals surface area contributed by atoms with Gasteiger partial charge in [-0.25, -0.2) is 0 Å². The lowest BCUT2D eigenvalue weighted by Gasteiger charge is -2.29. The van der Waals surface area contributed by atoms with E-state index in [1.54, 1.807) is 0 Å². The fraction of sp³-hybridized carbons (Fsp3) is 0.667. The van der Waals surface area contributed by atoms with Gasteiger partial charge in [0.15, 0.2) is 5.78 Å². The molecule has 1 heteroatoms. The van der Waals surface area contributed by atoms with Crippen molar-refractivity contribution in [3.63, 3.8) is 0 Å². The van der Waals surface area contributed by atoms with Gasteiger partial charge in [-0.05, 0) is 49.5 Å². The molecule has 1 nitrogen and oxygen atoms in total. The van der Waals surface area contributed by atoms with E-state index in [-0.39, 0.29) is 11.7 Å². The van der Waals surface area contributed by atoms with Gasteiger partial charge < -0.3 is 0 Å². The van der Waals surface area contributed by atoms with Crippen LogP contribution in [0.1, 0.15) is 94.0 Å². The minimum atomic E-state index is 0.139. The zero-order chi connectivity index (χ0) is 15.9. The standard InChI is InChI=1S/C21H32O/c1-4-6-7-17-8-10-18(11-9-17)19-12-14-20(15-13-19)21(22)16(3)5-2/h12-18H,4-11H2,1-3H3. The van der Waals surface area contributed by atoms with Crippen LogP contribution in [0, 0.1) is 11.8 Å². The quantitative estimate of drug-likeness (QED) is 0.534. The maximum Gasteiger partial charge on any atom is 0.165 e. The Morgan fingerprint density at radius 3 is 2.27 bits per heavy atom. The number of carbonyl (C=O) groups is 1. The smallest absolute Gasteiger partial charge is 0.165 e. The Hall–Kier alpha value is -1.11. The van der Waals surface area contributed by atoms with E-state index in [0.29, 0.717) is 5.92 Å². The Bertz CT molecular complexity index is 451. The van der Waals surface area contributed by atoms with Crippen LogP contribution in [0.2, 0.25) is 0 Å². The Balaban J connectivity index is 1.90. The highest BCUT2D eigenvalue weighted by Gasteiger charge is 2.22. The molecule has 0 amide bonds. The summed E-state index contributed by atoms with van der Waals surface area (Å²) in [4.78, 5) is 12.2. The molecule has 0 heterocycles. The molecule has 1 atom stereocenters. The average molecular weight is 300 g/mol. The predicted octanol–water partition coefficient (Wildman–Crippen LogP) is 6.38. The van der Waals surface area contributed by atoms with Gasteiger partial charge in [-0.3, -0.25) is 4.79 Å². The van der Waals surface area contributed by atoms with Crippen LogP contribution in [0.4, 0.5) is 0 Å². The number of carbonyl (C=O) groups excluding carboxylic acids is 1. The summed E-state index contributed by atoms with van der Waals surface area (Å²) in [5.41, 5.74) is 2.32. The summed E-state index contributed by atoms with van der Waals surface area (Å²) in [5, 5.41) is 0. The molecule has 0 N–H and O–H groups in total. The number of benzene rings is 1. The third-order valence-electron chi connectivity index (χ3n) is 5.54. The van der Waals surface area contributed by atoms with Crippen LogP contribution in [-0.2, 0) is 0 Å². The Morgan fingerprint density at radius 1 is 1.09 bits per heavy atom. The van der Waals surface area contributed by atoms with Crippen LogP contribution in [0.5, 0.6) is 0 Å². The van der Waals surface area contributed by atoms with Gasteiger partial charge in [-0.15, -0.1) is 0 Å². The summed E-state index contributed by atoms with van der Waals surface area (Å²) in [6, 6.07) is 8.50. The number of unbranched alkanes of at least 4 members (excludes halogenated alkanes) is 1. The highest BCUT2D eigenvalue weighted by molar-refractivity contribution is 5.97. The van der Waals surface area contributed by atoms with E-state index >= 15 is 0 Å². The maximum absolute atomic E-state index is 12.2. The van der Waals surface area contributed by atoms with Crippen molar-refractivity contribution in [1.29, 1.82) is 0 Å². The number of rotatable bonds is 7. The molecule has 0 bridgehead atoms. The lowest BCUT2D eigenvalue weighted by Crippen LogP contribution is -2.14. The van der Waals surface area contributed by atoms with Gasteiger partial charge in [0.1, 0.15) is 0 Å². The molecule has 0 aromatic heterocycles. The van der Waals surface area contributed by atoms with Gasteiger partial charge in [-0.2, -0.15) is 0 Å². The van der Waals surface area contributed by atoms with Crippen molar-refractivity contribution < 1.29 is 4.79 Å². The van der Waals surface area contributed by atoms with Gasteiger partial charge in [0.25, 0.3) is 0 Å². The largest absolute Gasteiger partial charge is 0.294 e. The summed E-state index contributed by atoms with van der Waals surface area (Å²) < 4.78 is 0. The topological polar surface area (TPSA) is 17.1 Å². The van der Waals surface area contributed by atoms with Crippen molar-refractivity contribution in [3.8, 4) is 0 Å². The first-order valence-corrected chi connectivity index (χ1v) is 9.29. The first-order valence-electron chi connectivity index (χ1n) is 9.29. The van der Waals surface area contributed by atoms with E-state index in [1.807, 2.05) is 19.1 Å². The molecule has 1 aromatic carbocycles. The highest BCUT2D eigenvalue weighted by Crippen LogP contribution is 2.37. The van der Waals surface area contributed by atoms with Gasteiger partial charge in [0, 0.05) is 11.5 Å². The summed E-state index contributed by atoms with van der Waals surface area (Å²) in [6.07, 6.45) is 10.5. The molecular weight excluding hydrogens is 268 g/mol. The van der Waals surface area contributed by atoms with Crippen LogP contribution < -0.4 is 0 Å². The normalized spacial score (nSPS) is 23.2. The number of hydrogen-bond donors (Lipinski definition) is 0. The maximum atomic E-state index is 12.2. The Kier molecular flexibility index (Phi) is 6.67. The molecule has 1 unspecified atom stereocenters. The molecule has 0 spiro atoms. The molecule has 1 aliphatic rings. The Morgan fingerprint density at radius 2 is 1.73 bits per heavy atom. The molecule has 1 saturated carbocycles. The van der Waals surface area contributed by atoms with Gasteiger partial charge in [0.05, 0.1) is 0 Å². The monoisotopic (exact) mass is 300 g/mol. The molecule has 1 fully saturated rings. The highest BCUT2D eigenvalue weighted by atomic mass is 16.1. The van der Waals surface area contributed by atoms with Crippen molar-refractivity contribution in [2.75, 3.05) is 0 Å². The molecule has 0 aliphatic heterocycles. The summed E-state index contributed by atoms with van der Waals surface area (Å²) in [5.74, 6) is 2.10. The molecule has 1 aromatic rings. The van der Waals surface area contributed by atoms with E-state index in [0.717, 1.165) is 17.9 Å². The van der Waals surface area contributed by atoms with Crippen molar-refractivity contribution in [2.45, 2.75) is 78.1 Å². The second kappa shape index (κ2) is 8.50. The minimum Gasteiger partial charge on any atom is -0.294 e. The average Bonchev–Trinajstić information content (AvgIpc) is 2.59.